The number of ether oxygens (including phenoxy) is 1. The third-order valence-electron chi connectivity index (χ3n) is 2.27. The number of hydrogen-bond acceptors (Lipinski definition) is 2. The van der Waals surface area contributed by atoms with Gasteiger partial charge in [-0.2, -0.15) is 0 Å². The Kier molecular flexibility index (Phi) is 4.62. The Hall–Kier alpha value is -0.740. The van der Waals surface area contributed by atoms with E-state index >= 15 is 0 Å². The third kappa shape index (κ3) is 3.12. The van der Waals surface area contributed by atoms with Crippen LogP contribution in [0.2, 0.25) is 5.02 Å². The van der Waals surface area contributed by atoms with Gasteiger partial charge in [0.1, 0.15) is 5.75 Å². The number of methoxy groups -OCH3 is 1. The number of halogens is 2. The summed E-state index contributed by atoms with van der Waals surface area (Å²) in [4.78, 5) is 12.4. The second-order valence-electron chi connectivity index (χ2n) is 3.52. The number of carbonyl (C=O) groups excluding carboxylic acids is 1. The fraction of sp³-hybridized carbons (Fsp3) is 0.364. The number of benzene rings is 1. The van der Waals surface area contributed by atoms with Crippen molar-refractivity contribution < 1.29 is 9.53 Å². The van der Waals surface area contributed by atoms with E-state index in [0.717, 1.165) is 16.9 Å². The highest BCUT2D eigenvalue weighted by molar-refractivity contribution is 9.18. The monoisotopic (exact) mass is 305 g/mol. The van der Waals surface area contributed by atoms with Crippen molar-refractivity contribution in [2.75, 3.05) is 14.2 Å². The molecule has 88 valence electrons. The molecule has 0 unspecified atom stereocenters. The zero-order chi connectivity index (χ0) is 12.3. The first-order valence-corrected chi connectivity index (χ1v) is 5.86. The van der Waals surface area contributed by atoms with E-state index in [0.29, 0.717) is 11.6 Å². The van der Waals surface area contributed by atoms with E-state index in [1.165, 1.54) is 4.90 Å². The van der Waals surface area contributed by atoms with E-state index in [4.69, 9.17) is 16.3 Å². The van der Waals surface area contributed by atoms with Gasteiger partial charge in [-0.05, 0) is 24.6 Å². The van der Waals surface area contributed by atoms with Crippen molar-refractivity contribution in [3.05, 3.63) is 28.3 Å². The van der Waals surface area contributed by atoms with Crippen molar-refractivity contribution >= 4 is 32.3 Å². The number of nitrogens with zero attached hydrogens (tertiary/aromatic N) is 1. The molecule has 0 aromatic heterocycles. The molecule has 5 heteroatoms. The molecule has 0 spiro atoms. The molecular formula is C11H13BrClNO2. The average molecular weight is 307 g/mol. The minimum atomic E-state index is -0.175. The van der Waals surface area contributed by atoms with Crippen molar-refractivity contribution in [3.8, 4) is 5.75 Å². The summed E-state index contributed by atoms with van der Waals surface area (Å²) >= 11 is 8.93. The Morgan fingerprint density at radius 2 is 2.19 bits per heavy atom. The van der Waals surface area contributed by atoms with Crippen LogP contribution in [0.5, 0.6) is 5.75 Å². The van der Waals surface area contributed by atoms with Crippen LogP contribution in [0.15, 0.2) is 12.1 Å². The highest BCUT2D eigenvalue weighted by atomic mass is 79.9. The molecule has 16 heavy (non-hydrogen) atoms. The van der Waals surface area contributed by atoms with Crippen molar-refractivity contribution in [1.29, 1.82) is 0 Å². The van der Waals surface area contributed by atoms with Crippen molar-refractivity contribution in [2.45, 2.75) is 13.5 Å². The topological polar surface area (TPSA) is 29.5 Å². The van der Waals surface area contributed by atoms with Gasteiger partial charge >= 0.3 is 0 Å². The van der Waals surface area contributed by atoms with Gasteiger partial charge in [-0.15, -0.1) is 0 Å². The lowest BCUT2D eigenvalue weighted by molar-refractivity contribution is 0.232. The average Bonchev–Trinajstić information content (AvgIpc) is 2.22. The molecule has 1 aromatic carbocycles. The Morgan fingerprint density at radius 3 is 2.69 bits per heavy atom. The van der Waals surface area contributed by atoms with Gasteiger partial charge in [-0.25, -0.2) is 0 Å². The van der Waals surface area contributed by atoms with E-state index in [1.807, 2.05) is 19.1 Å². The van der Waals surface area contributed by atoms with Gasteiger partial charge in [-0.1, -0.05) is 11.6 Å². The summed E-state index contributed by atoms with van der Waals surface area (Å²) in [7, 11) is 3.30. The lowest BCUT2D eigenvalue weighted by atomic mass is 10.1. The Balaban J connectivity index is 3.03. The maximum Gasteiger partial charge on any atom is 0.289 e. The molecule has 1 amide bonds. The quantitative estimate of drug-likeness (QED) is 0.631. The van der Waals surface area contributed by atoms with Gasteiger partial charge in [0.15, 0.2) is 0 Å². The number of hydrogen-bond donors (Lipinski definition) is 0. The molecule has 0 heterocycles. The lowest BCUT2D eigenvalue weighted by Crippen LogP contribution is -2.20. The van der Waals surface area contributed by atoms with E-state index in [-0.39, 0.29) is 4.82 Å². The van der Waals surface area contributed by atoms with Crippen LogP contribution in [0.4, 0.5) is 4.79 Å². The molecule has 1 aromatic rings. The fourth-order valence-corrected chi connectivity index (χ4v) is 1.64. The molecule has 0 fully saturated rings. The minimum Gasteiger partial charge on any atom is -0.496 e. The summed E-state index contributed by atoms with van der Waals surface area (Å²) in [5, 5.41) is 0.672. The SMILES string of the molecule is COc1cc(C)c(Cl)cc1CN(C)C(=O)Br. The molecule has 1 rings (SSSR count). The fourth-order valence-electron chi connectivity index (χ4n) is 1.33. The molecule has 0 aliphatic heterocycles. The zero-order valence-electron chi connectivity index (χ0n) is 9.38. The van der Waals surface area contributed by atoms with Crippen LogP contribution in [-0.2, 0) is 6.54 Å². The summed E-state index contributed by atoms with van der Waals surface area (Å²) in [5.41, 5.74) is 1.84. The normalized spacial score (nSPS) is 10.1. The molecule has 0 atom stereocenters. The van der Waals surface area contributed by atoms with Crippen LogP contribution >= 0.6 is 27.5 Å². The van der Waals surface area contributed by atoms with Crippen LogP contribution in [0.3, 0.4) is 0 Å². The summed E-state index contributed by atoms with van der Waals surface area (Å²) in [6.45, 7) is 2.36. The van der Waals surface area contributed by atoms with Crippen LogP contribution in [0.1, 0.15) is 11.1 Å². The van der Waals surface area contributed by atoms with E-state index in [9.17, 15) is 4.79 Å². The third-order valence-corrected chi connectivity index (χ3v) is 3.28. The maximum absolute atomic E-state index is 11.1. The van der Waals surface area contributed by atoms with Gasteiger partial charge in [0, 0.05) is 40.1 Å². The van der Waals surface area contributed by atoms with E-state index < -0.39 is 0 Å². The smallest absolute Gasteiger partial charge is 0.289 e. The lowest BCUT2D eigenvalue weighted by Gasteiger charge is -2.17. The second-order valence-corrected chi connectivity index (χ2v) is 4.61. The molecule has 0 bridgehead atoms. The van der Waals surface area contributed by atoms with Crippen LogP contribution < -0.4 is 4.74 Å². The summed E-state index contributed by atoms with van der Waals surface area (Å²) in [6, 6.07) is 3.69. The predicted octanol–water partition coefficient (Wildman–Crippen LogP) is 3.60. The number of aryl methyl sites for hydroxylation is 1. The molecule has 3 nitrogen and oxygen atoms in total. The molecule has 0 saturated carbocycles. The van der Waals surface area contributed by atoms with E-state index in [2.05, 4.69) is 15.9 Å². The number of amides is 1. The Labute approximate surface area is 108 Å². The van der Waals surface area contributed by atoms with Gasteiger partial charge in [-0.3, -0.25) is 4.79 Å². The maximum atomic E-state index is 11.1. The highest BCUT2D eigenvalue weighted by Crippen LogP contribution is 2.27. The van der Waals surface area contributed by atoms with Gasteiger partial charge < -0.3 is 9.64 Å². The number of rotatable bonds is 3. The molecular weight excluding hydrogens is 293 g/mol. The molecule has 0 saturated heterocycles. The largest absolute Gasteiger partial charge is 0.496 e. The Bertz CT molecular complexity index is 409. The first-order valence-electron chi connectivity index (χ1n) is 4.69. The summed E-state index contributed by atoms with van der Waals surface area (Å²) in [5.74, 6) is 0.738. The highest BCUT2D eigenvalue weighted by Gasteiger charge is 2.11. The van der Waals surface area contributed by atoms with E-state index in [1.54, 1.807) is 14.2 Å². The van der Waals surface area contributed by atoms with Crippen molar-refractivity contribution in [3.63, 3.8) is 0 Å². The van der Waals surface area contributed by atoms with Gasteiger partial charge in [0.2, 0.25) is 0 Å². The number of carbonyl (C=O) groups is 1. The molecule has 0 N–H and O–H groups in total. The molecule has 0 aliphatic rings. The zero-order valence-corrected chi connectivity index (χ0v) is 11.7. The second kappa shape index (κ2) is 5.55. The first kappa shape index (κ1) is 13.3. The van der Waals surface area contributed by atoms with Crippen molar-refractivity contribution in [2.24, 2.45) is 0 Å². The van der Waals surface area contributed by atoms with Crippen LogP contribution in [-0.4, -0.2) is 23.9 Å². The van der Waals surface area contributed by atoms with Crippen LogP contribution in [0, 0.1) is 6.92 Å². The van der Waals surface area contributed by atoms with Gasteiger partial charge in [0.05, 0.1) is 7.11 Å². The minimum absolute atomic E-state index is 0.175. The van der Waals surface area contributed by atoms with Crippen LogP contribution in [0.25, 0.3) is 0 Å². The van der Waals surface area contributed by atoms with Gasteiger partial charge in [0.25, 0.3) is 4.82 Å². The summed E-state index contributed by atoms with van der Waals surface area (Å²) < 4.78 is 5.25. The predicted molar refractivity (Wildman–Crippen MR) is 68.5 cm³/mol. The molecule has 0 radical (unpaired) electrons. The Morgan fingerprint density at radius 1 is 1.56 bits per heavy atom. The molecule has 0 aliphatic carbocycles. The summed E-state index contributed by atoms with van der Waals surface area (Å²) in [6.07, 6.45) is 0. The van der Waals surface area contributed by atoms with Crippen molar-refractivity contribution in [1.82, 2.24) is 4.90 Å². The first-order chi connectivity index (χ1) is 7.45. The standard InChI is InChI=1S/C11H13BrClNO2/c1-7-4-10(16-3)8(5-9(7)13)6-14(2)11(12)15/h4-5H,6H2,1-3H3.